The summed E-state index contributed by atoms with van der Waals surface area (Å²) in [6.45, 7) is 0.150. The van der Waals surface area contributed by atoms with Gasteiger partial charge in [-0.1, -0.05) is 30.9 Å². The van der Waals surface area contributed by atoms with Gasteiger partial charge in [-0.3, -0.25) is 9.59 Å². The maximum atomic E-state index is 12.6. The minimum absolute atomic E-state index is 0.150. The molecule has 0 unspecified atom stereocenters. The van der Waals surface area contributed by atoms with Crippen LogP contribution in [0.25, 0.3) is 0 Å². The molecule has 1 aliphatic carbocycles. The molecule has 2 aliphatic rings. The normalized spacial score (nSPS) is 15.9. The number of hydrogen-bond donors (Lipinski definition) is 2. The van der Waals surface area contributed by atoms with Crippen LogP contribution in [0.2, 0.25) is 5.02 Å². The number of carbonyl (C=O) groups is 2. The van der Waals surface area contributed by atoms with Gasteiger partial charge in [-0.25, -0.2) is 0 Å². The van der Waals surface area contributed by atoms with Crippen LogP contribution in [-0.4, -0.2) is 24.6 Å². The molecule has 2 aromatic carbocycles. The van der Waals surface area contributed by atoms with Gasteiger partial charge in [-0.05, 0) is 49.2 Å². The zero-order valence-electron chi connectivity index (χ0n) is 15.3. The van der Waals surface area contributed by atoms with Crippen LogP contribution in [-0.2, 0) is 0 Å². The molecule has 2 aromatic rings. The lowest BCUT2D eigenvalue weighted by atomic mass is 9.95. The number of ether oxygens (including phenoxy) is 2. The van der Waals surface area contributed by atoms with Crippen LogP contribution in [0, 0.1) is 0 Å². The first kappa shape index (κ1) is 18.6. The van der Waals surface area contributed by atoms with Crippen molar-refractivity contribution in [3.8, 4) is 11.5 Å². The van der Waals surface area contributed by atoms with Crippen molar-refractivity contribution >= 4 is 29.1 Å². The number of rotatable bonds is 4. The molecule has 0 bridgehead atoms. The van der Waals surface area contributed by atoms with E-state index in [1.807, 2.05) is 0 Å². The molecule has 7 heteroatoms. The number of nitrogens with one attached hydrogen (secondary N) is 2. The third-order valence-electron chi connectivity index (χ3n) is 5.04. The van der Waals surface area contributed by atoms with E-state index in [0.29, 0.717) is 33.3 Å². The maximum Gasteiger partial charge on any atom is 0.255 e. The molecule has 146 valence electrons. The number of benzene rings is 2. The van der Waals surface area contributed by atoms with Gasteiger partial charge in [0.25, 0.3) is 11.8 Å². The van der Waals surface area contributed by atoms with E-state index in [0.717, 1.165) is 25.7 Å². The van der Waals surface area contributed by atoms with Crippen molar-refractivity contribution in [3.05, 3.63) is 52.5 Å². The highest BCUT2D eigenvalue weighted by Crippen LogP contribution is 2.32. The van der Waals surface area contributed by atoms with Crippen LogP contribution in [0.3, 0.4) is 0 Å². The average Bonchev–Trinajstić information content (AvgIpc) is 3.18. The number of fused-ring (bicyclic) bond motifs is 1. The number of halogens is 1. The molecule has 1 aliphatic heterocycles. The summed E-state index contributed by atoms with van der Waals surface area (Å²) in [7, 11) is 0. The SMILES string of the molecule is O=C(Nc1ccc(Cl)c(C(=O)NC2CCCCC2)c1)c1ccc2c(c1)OCO2. The van der Waals surface area contributed by atoms with Crippen LogP contribution < -0.4 is 20.1 Å². The molecule has 0 aromatic heterocycles. The lowest BCUT2D eigenvalue weighted by Gasteiger charge is -2.23. The van der Waals surface area contributed by atoms with Crippen molar-refractivity contribution < 1.29 is 19.1 Å². The van der Waals surface area contributed by atoms with Crippen molar-refractivity contribution in [3.63, 3.8) is 0 Å². The maximum absolute atomic E-state index is 12.6. The zero-order valence-corrected chi connectivity index (χ0v) is 16.1. The van der Waals surface area contributed by atoms with Gasteiger partial charge >= 0.3 is 0 Å². The predicted molar refractivity (Wildman–Crippen MR) is 106 cm³/mol. The van der Waals surface area contributed by atoms with Crippen LogP contribution in [0.15, 0.2) is 36.4 Å². The third kappa shape index (κ3) is 4.07. The molecule has 4 rings (SSSR count). The lowest BCUT2D eigenvalue weighted by molar-refractivity contribution is 0.0926. The van der Waals surface area contributed by atoms with Gasteiger partial charge in [0.2, 0.25) is 6.79 Å². The Kier molecular flexibility index (Phi) is 5.39. The summed E-state index contributed by atoms with van der Waals surface area (Å²) in [5, 5.41) is 6.21. The van der Waals surface area contributed by atoms with E-state index in [1.165, 1.54) is 6.42 Å². The van der Waals surface area contributed by atoms with Crippen LogP contribution in [0.5, 0.6) is 11.5 Å². The summed E-state index contributed by atoms with van der Waals surface area (Å²) in [5.74, 6) is 0.636. The molecule has 2 N–H and O–H groups in total. The average molecular weight is 401 g/mol. The Morgan fingerprint density at radius 3 is 2.54 bits per heavy atom. The second-order valence-corrected chi connectivity index (χ2v) is 7.43. The largest absolute Gasteiger partial charge is 0.454 e. The molecule has 2 amide bonds. The number of carbonyl (C=O) groups excluding carboxylic acids is 2. The van der Waals surface area contributed by atoms with Gasteiger partial charge in [-0.2, -0.15) is 0 Å². The van der Waals surface area contributed by atoms with E-state index in [9.17, 15) is 9.59 Å². The topological polar surface area (TPSA) is 76.7 Å². The Balaban J connectivity index is 1.47. The van der Waals surface area contributed by atoms with Gasteiger partial charge in [0.15, 0.2) is 11.5 Å². The van der Waals surface area contributed by atoms with Crippen molar-refractivity contribution in [2.45, 2.75) is 38.1 Å². The Morgan fingerprint density at radius 1 is 0.929 bits per heavy atom. The highest BCUT2D eigenvalue weighted by molar-refractivity contribution is 6.34. The molecule has 28 heavy (non-hydrogen) atoms. The second-order valence-electron chi connectivity index (χ2n) is 7.03. The van der Waals surface area contributed by atoms with Crippen molar-refractivity contribution in [2.24, 2.45) is 0 Å². The first-order valence-corrected chi connectivity index (χ1v) is 9.79. The van der Waals surface area contributed by atoms with E-state index in [4.69, 9.17) is 21.1 Å². The molecule has 6 nitrogen and oxygen atoms in total. The Morgan fingerprint density at radius 2 is 1.71 bits per heavy atom. The highest BCUT2D eigenvalue weighted by Gasteiger charge is 2.20. The summed E-state index contributed by atoms with van der Waals surface area (Å²) in [4.78, 5) is 25.2. The van der Waals surface area contributed by atoms with E-state index in [-0.39, 0.29) is 24.6 Å². The second kappa shape index (κ2) is 8.10. The summed E-state index contributed by atoms with van der Waals surface area (Å²) >= 11 is 6.22. The highest BCUT2D eigenvalue weighted by atomic mass is 35.5. The van der Waals surface area contributed by atoms with Gasteiger partial charge in [0, 0.05) is 17.3 Å². The quantitative estimate of drug-likeness (QED) is 0.798. The molecule has 0 spiro atoms. The van der Waals surface area contributed by atoms with E-state index < -0.39 is 0 Å². The lowest BCUT2D eigenvalue weighted by Crippen LogP contribution is -2.36. The first-order chi connectivity index (χ1) is 13.6. The molecular formula is C21H21ClN2O4. The Bertz CT molecular complexity index is 909. The minimum Gasteiger partial charge on any atom is -0.454 e. The summed E-state index contributed by atoms with van der Waals surface area (Å²) in [6, 6.07) is 10.1. The molecule has 1 fully saturated rings. The molecule has 0 radical (unpaired) electrons. The van der Waals surface area contributed by atoms with Crippen LogP contribution in [0.4, 0.5) is 5.69 Å². The van der Waals surface area contributed by atoms with Crippen LogP contribution >= 0.6 is 11.6 Å². The van der Waals surface area contributed by atoms with Crippen molar-refractivity contribution in [1.82, 2.24) is 5.32 Å². The summed E-state index contributed by atoms with van der Waals surface area (Å²) in [6.07, 6.45) is 5.46. The molecule has 1 saturated carbocycles. The summed E-state index contributed by atoms with van der Waals surface area (Å²) in [5.41, 5.74) is 1.30. The fraction of sp³-hybridized carbons (Fsp3) is 0.333. The summed E-state index contributed by atoms with van der Waals surface area (Å²) < 4.78 is 10.6. The molecule has 1 heterocycles. The molecule has 0 saturated heterocycles. The first-order valence-electron chi connectivity index (χ1n) is 9.41. The van der Waals surface area contributed by atoms with E-state index in [2.05, 4.69) is 10.6 Å². The Labute approximate surface area is 168 Å². The molecule has 0 atom stereocenters. The smallest absolute Gasteiger partial charge is 0.255 e. The van der Waals surface area contributed by atoms with Gasteiger partial charge < -0.3 is 20.1 Å². The van der Waals surface area contributed by atoms with Gasteiger partial charge in [-0.15, -0.1) is 0 Å². The minimum atomic E-state index is -0.306. The number of anilines is 1. The Hall–Kier alpha value is -2.73. The van der Waals surface area contributed by atoms with Gasteiger partial charge in [0.1, 0.15) is 0 Å². The van der Waals surface area contributed by atoms with Crippen LogP contribution in [0.1, 0.15) is 52.8 Å². The fourth-order valence-electron chi connectivity index (χ4n) is 3.53. The predicted octanol–water partition coefficient (Wildman–Crippen LogP) is 4.38. The third-order valence-corrected chi connectivity index (χ3v) is 5.37. The molecular weight excluding hydrogens is 380 g/mol. The van der Waals surface area contributed by atoms with E-state index in [1.54, 1.807) is 36.4 Å². The number of amides is 2. The monoisotopic (exact) mass is 400 g/mol. The zero-order chi connectivity index (χ0) is 19.5. The van der Waals surface area contributed by atoms with Crippen molar-refractivity contribution in [1.29, 1.82) is 0 Å². The van der Waals surface area contributed by atoms with Crippen molar-refractivity contribution in [2.75, 3.05) is 12.1 Å². The van der Waals surface area contributed by atoms with E-state index >= 15 is 0 Å². The standard InChI is InChI=1S/C21H21ClN2O4/c22-17-8-7-15(11-16(17)21(26)23-14-4-2-1-3-5-14)24-20(25)13-6-9-18-19(10-13)28-12-27-18/h6-11,14H,1-5,12H2,(H,23,26)(H,24,25). The fourth-order valence-corrected chi connectivity index (χ4v) is 3.73. The van der Waals surface area contributed by atoms with Gasteiger partial charge in [0.05, 0.1) is 10.6 Å². The number of hydrogen-bond acceptors (Lipinski definition) is 4.